The highest BCUT2D eigenvalue weighted by atomic mass is 16.6. The summed E-state index contributed by atoms with van der Waals surface area (Å²) in [5.74, 6) is -7.24. The van der Waals surface area contributed by atoms with Crippen LogP contribution in [0.2, 0.25) is 0 Å². The summed E-state index contributed by atoms with van der Waals surface area (Å²) in [6, 6.07) is 15.7. The maximum absolute atomic E-state index is 12.3. The number of aliphatic hydroxyl groups is 2. The Balaban J connectivity index is 2.10. The summed E-state index contributed by atoms with van der Waals surface area (Å²) in [6.45, 7) is -0.0682. The number of rotatable bonds is 8. The molecule has 8 nitrogen and oxygen atoms in total. The number of alkyl carbamates (subject to hydrolysis) is 1. The lowest BCUT2D eigenvalue weighted by Gasteiger charge is -2.23. The van der Waals surface area contributed by atoms with Crippen molar-refractivity contribution in [3.05, 3.63) is 71.8 Å². The molecular formula is C19H19NO7. The van der Waals surface area contributed by atoms with Gasteiger partial charge in [-0.3, -0.25) is 4.79 Å². The van der Waals surface area contributed by atoms with Gasteiger partial charge >= 0.3 is 17.8 Å². The molecule has 4 N–H and O–H groups in total. The van der Waals surface area contributed by atoms with Gasteiger partial charge in [0.2, 0.25) is 5.78 Å². The van der Waals surface area contributed by atoms with Crippen LogP contribution in [0.5, 0.6) is 0 Å². The van der Waals surface area contributed by atoms with Crippen molar-refractivity contribution in [1.29, 1.82) is 0 Å². The van der Waals surface area contributed by atoms with Gasteiger partial charge in [-0.1, -0.05) is 60.7 Å². The normalized spacial score (nSPS) is 12.1. The van der Waals surface area contributed by atoms with Gasteiger partial charge in [0.1, 0.15) is 12.6 Å². The number of amides is 1. The number of carbonyl (C=O) groups is 3. The Morgan fingerprint density at radius 1 is 0.926 bits per heavy atom. The molecule has 27 heavy (non-hydrogen) atoms. The van der Waals surface area contributed by atoms with Gasteiger partial charge < -0.3 is 25.4 Å². The third kappa shape index (κ3) is 5.63. The molecule has 1 atom stereocenters. The minimum Gasteiger partial charge on any atom is -0.477 e. The van der Waals surface area contributed by atoms with Crippen molar-refractivity contribution in [3.8, 4) is 0 Å². The molecule has 0 bridgehead atoms. The molecule has 0 aliphatic rings. The monoisotopic (exact) mass is 373 g/mol. The molecule has 2 rings (SSSR count). The molecule has 2 aromatic rings. The van der Waals surface area contributed by atoms with Crippen LogP contribution in [0.4, 0.5) is 4.79 Å². The summed E-state index contributed by atoms with van der Waals surface area (Å²) in [7, 11) is 0. The molecule has 0 saturated carbocycles. The van der Waals surface area contributed by atoms with E-state index in [0.717, 1.165) is 0 Å². The summed E-state index contributed by atoms with van der Waals surface area (Å²) in [5.41, 5.74) is 1.29. The number of carboxylic acid groups (broad SMARTS) is 1. The van der Waals surface area contributed by atoms with Gasteiger partial charge in [-0.2, -0.15) is 0 Å². The SMILES string of the molecule is O=C(N[C@@H](Cc1ccccc1)C(=O)C(O)(O)C(=O)O)OCc1ccccc1. The highest BCUT2D eigenvalue weighted by molar-refractivity contribution is 6.07. The number of Topliss-reactive ketones (excluding diaryl/α,β-unsaturated/α-hetero) is 1. The lowest BCUT2D eigenvalue weighted by molar-refractivity contribution is -0.205. The number of benzene rings is 2. The number of carbonyl (C=O) groups excluding carboxylic acids is 2. The highest BCUT2D eigenvalue weighted by Crippen LogP contribution is 2.12. The largest absolute Gasteiger partial charge is 0.477 e. The summed E-state index contributed by atoms with van der Waals surface area (Å²) < 4.78 is 5.01. The number of carboxylic acids is 1. The Morgan fingerprint density at radius 2 is 1.44 bits per heavy atom. The second-order valence-corrected chi connectivity index (χ2v) is 5.79. The first-order chi connectivity index (χ1) is 12.8. The minimum atomic E-state index is -3.63. The molecular weight excluding hydrogens is 354 g/mol. The quantitative estimate of drug-likeness (QED) is 0.398. The molecule has 2 aromatic carbocycles. The summed E-state index contributed by atoms with van der Waals surface area (Å²) in [6.07, 6.45) is -1.13. The lowest BCUT2D eigenvalue weighted by Crippen LogP contribution is -2.56. The number of ether oxygens (including phenoxy) is 1. The van der Waals surface area contributed by atoms with Crippen molar-refractivity contribution in [1.82, 2.24) is 5.32 Å². The van der Waals surface area contributed by atoms with Gasteiger partial charge in [-0.15, -0.1) is 0 Å². The smallest absolute Gasteiger partial charge is 0.408 e. The zero-order chi connectivity index (χ0) is 19.9. The molecule has 0 saturated heterocycles. The Kier molecular flexibility index (Phi) is 6.64. The molecule has 0 radical (unpaired) electrons. The van der Waals surface area contributed by atoms with Gasteiger partial charge in [0, 0.05) is 6.42 Å². The van der Waals surface area contributed by atoms with Crippen molar-refractivity contribution in [2.45, 2.75) is 24.9 Å². The standard InChI is InChI=1S/C19H19NO7/c21-16(19(25,26)17(22)23)15(11-13-7-3-1-4-8-13)20-18(24)27-12-14-9-5-2-6-10-14/h1-10,15,25-26H,11-12H2,(H,20,24)(H,22,23)/t15-/m0/s1. The van der Waals surface area contributed by atoms with Gasteiger partial charge in [0.05, 0.1) is 0 Å². The van der Waals surface area contributed by atoms with E-state index >= 15 is 0 Å². The van der Waals surface area contributed by atoms with Crippen molar-refractivity contribution in [2.75, 3.05) is 0 Å². The molecule has 0 fully saturated rings. The van der Waals surface area contributed by atoms with E-state index in [1.165, 1.54) is 0 Å². The fourth-order valence-electron chi connectivity index (χ4n) is 2.31. The van der Waals surface area contributed by atoms with E-state index in [4.69, 9.17) is 9.84 Å². The van der Waals surface area contributed by atoms with Crippen LogP contribution >= 0.6 is 0 Å². The van der Waals surface area contributed by atoms with Crippen LogP contribution in [0.25, 0.3) is 0 Å². The van der Waals surface area contributed by atoms with Crippen molar-refractivity contribution >= 4 is 17.8 Å². The van der Waals surface area contributed by atoms with Crippen molar-refractivity contribution in [2.24, 2.45) is 0 Å². The first kappa shape index (κ1) is 20.1. The third-order valence-corrected chi connectivity index (χ3v) is 3.75. The molecule has 1 amide bonds. The fraction of sp³-hybridized carbons (Fsp3) is 0.211. The first-order valence-electron chi connectivity index (χ1n) is 8.04. The summed E-state index contributed by atoms with van der Waals surface area (Å²) in [4.78, 5) is 35.2. The predicted octanol–water partition coefficient (Wildman–Crippen LogP) is 0.859. The van der Waals surface area contributed by atoms with Crippen molar-refractivity contribution < 1.29 is 34.4 Å². The minimum absolute atomic E-state index is 0.0682. The predicted molar refractivity (Wildman–Crippen MR) is 93.5 cm³/mol. The van der Waals surface area contributed by atoms with E-state index in [9.17, 15) is 24.6 Å². The van der Waals surface area contributed by atoms with Crippen LogP contribution in [-0.4, -0.2) is 45.0 Å². The molecule has 0 aliphatic carbocycles. The van der Waals surface area contributed by atoms with Crippen LogP contribution in [0.3, 0.4) is 0 Å². The maximum atomic E-state index is 12.3. The van der Waals surface area contributed by atoms with Gasteiger partial charge in [-0.05, 0) is 11.1 Å². The number of hydrogen-bond donors (Lipinski definition) is 4. The first-order valence-corrected chi connectivity index (χ1v) is 8.04. The summed E-state index contributed by atoms with van der Waals surface area (Å²) in [5, 5.41) is 30.1. The van der Waals surface area contributed by atoms with E-state index < -0.39 is 29.7 Å². The number of nitrogens with one attached hydrogen (secondary N) is 1. The Morgan fingerprint density at radius 3 is 1.96 bits per heavy atom. The molecule has 0 aromatic heterocycles. The van der Waals surface area contributed by atoms with Gasteiger partial charge in [0.15, 0.2) is 0 Å². The van der Waals surface area contributed by atoms with Crippen LogP contribution in [0.15, 0.2) is 60.7 Å². The molecule has 0 unspecified atom stereocenters. The van der Waals surface area contributed by atoms with Crippen LogP contribution in [-0.2, 0) is 27.4 Å². The zero-order valence-electron chi connectivity index (χ0n) is 14.2. The lowest BCUT2D eigenvalue weighted by atomic mass is 9.97. The number of aliphatic carboxylic acids is 1. The maximum Gasteiger partial charge on any atom is 0.408 e. The van der Waals surface area contributed by atoms with Gasteiger partial charge in [-0.25, -0.2) is 9.59 Å². The van der Waals surface area contributed by atoms with E-state index in [1.807, 2.05) is 0 Å². The number of hydrogen-bond acceptors (Lipinski definition) is 6. The fourth-order valence-corrected chi connectivity index (χ4v) is 2.31. The second-order valence-electron chi connectivity index (χ2n) is 5.79. The van der Waals surface area contributed by atoms with E-state index in [0.29, 0.717) is 11.1 Å². The van der Waals surface area contributed by atoms with E-state index in [-0.39, 0.29) is 13.0 Å². The van der Waals surface area contributed by atoms with Gasteiger partial charge in [0.25, 0.3) is 0 Å². The van der Waals surface area contributed by atoms with Crippen LogP contribution in [0, 0.1) is 0 Å². The van der Waals surface area contributed by atoms with Crippen LogP contribution in [0.1, 0.15) is 11.1 Å². The molecule has 0 spiro atoms. The van der Waals surface area contributed by atoms with E-state index in [1.54, 1.807) is 60.7 Å². The molecule has 8 heteroatoms. The Bertz CT molecular complexity index is 790. The average Bonchev–Trinajstić information content (AvgIpc) is 2.66. The average molecular weight is 373 g/mol. The third-order valence-electron chi connectivity index (χ3n) is 3.75. The molecule has 142 valence electrons. The molecule has 0 heterocycles. The second kappa shape index (κ2) is 8.93. The zero-order valence-corrected chi connectivity index (χ0v) is 14.2. The van der Waals surface area contributed by atoms with Crippen molar-refractivity contribution in [3.63, 3.8) is 0 Å². The molecule has 0 aliphatic heterocycles. The Labute approximate surface area is 155 Å². The van der Waals surface area contributed by atoms with Crippen LogP contribution < -0.4 is 5.32 Å². The summed E-state index contributed by atoms with van der Waals surface area (Å²) >= 11 is 0. The Hall–Kier alpha value is -3.23. The topological polar surface area (TPSA) is 133 Å². The van der Waals surface area contributed by atoms with E-state index in [2.05, 4.69) is 5.32 Å². The number of ketones is 1. The highest BCUT2D eigenvalue weighted by Gasteiger charge is 2.46.